The second-order valence-corrected chi connectivity index (χ2v) is 6.80. The molecular formula is C23H25N3O3. The summed E-state index contributed by atoms with van der Waals surface area (Å²) in [5, 5.41) is 6.18. The van der Waals surface area contributed by atoms with Crippen LogP contribution in [-0.4, -0.2) is 25.1 Å². The lowest BCUT2D eigenvalue weighted by Crippen LogP contribution is -2.13. The minimum Gasteiger partial charge on any atom is -0.493 e. The summed E-state index contributed by atoms with van der Waals surface area (Å²) in [4.78, 5) is 16.9. The number of benzene rings is 2. The lowest BCUT2D eigenvalue weighted by Gasteiger charge is -2.11. The molecule has 0 aliphatic heterocycles. The van der Waals surface area contributed by atoms with Crippen LogP contribution in [0.3, 0.4) is 0 Å². The number of hydrogen-bond donors (Lipinski definition) is 2. The van der Waals surface area contributed by atoms with Crippen LogP contribution in [0.15, 0.2) is 54.7 Å². The molecule has 0 atom stereocenters. The molecule has 0 saturated heterocycles. The summed E-state index contributed by atoms with van der Waals surface area (Å²) < 4.78 is 10.6. The van der Waals surface area contributed by atoms with E-state index in [1.54, 1.807) is 32.5 Å². The Bertz CT molecular complexity index is 998. The Balaban J connectivity index is 1.68. The largest absolute Gasteiger partial charge is 0.493 e. The topological polar surface area (TPSA) is 72.5 Å². The molecule has 6 nitrogen and oxygen atoms in total. The maximum absolute atomic E-state index is 12.6. The Morgan fingerprint density at radius 3 is 2.34 bits per heavy atom. The van der Waals surface area contributed by atoms with E-state index >= 15 is 0 Å². The van der Waals surface area contributed by atoms with Crippen molar-refractivity contribution in [3.63, 3.8) is 0 Å². The zero-order chi connectivity index (χ0) is 20.8. The van der Waals surface area contributed by atoms with Crippen molar-refractivity contribution in [1.82, 2.24) is 4.98 Å². The van der Waals surface area contributed by atoms with Crippen molar-refractivity contribution in [3.05, 3.63) is 77.0 Å². The highest BCUT2D eigenvalue weighted by molar-refractivity contribution is 6.04. The fourth-order valence-electron chi connectivity index (χ4n) is 3.10. The van der Waals surface area contributed by atoms with Gasteiger partial charge in [0.15, 0.2) is 11.5 Å². The number of amides is 1. The number of aryl methyl sites for hydroxylation is 2. The molecule has 2 aromatic carbocycles. The molecule has 0 aliphatic rings. The molecule has 1 amide bonds. The van der Waals surface area contributed by atoms with E-state index < -0.39 is 0 Å². The van der Waals surface area contributed by atoms with Crippen molar-refractivity contribution in [2.45, 2.75) is 20.4 Å². The highest BCUT2D eigenvalue weighted by atomic mass is 16.5. The van der Waals surface area contributed by atoms with Gasteiger partial charge in [-0.15, -0.1) is 0 Å². The van der Waals surface area contributed by atoms with Gasteiger partial charge in [-0.2, -0.15) is 0 Å². The van der Waals surface area contributed by atoms with E-state index in [0.29, 0.717) is 29.4 Å². The highest BCUT2D eigenvalue weighted by Gasteiger charge is 2.09. The first-order valence-corrected chi connectivity index (χ1v) is 9.29. The molecule has 6 heteroatoms. The van der Waals surface area contributed by atoms with E-state index in [2.05, 4.69) is 21.7 Å². The van der Waals surface area contributed by atoms with Gasteiger partial charge in [-0.25, -0.2) is 4.98 Å². The summed E-state index contributed by atoms with van der Waals surface area (Å²) in [6.07, 6.45) is 1.62. The maximum Gasteiger partial charge on any atom is 0.255 e. The van der Waals surface area contributed by atoms with Crippen molar-refractivity contribution < 1.29 is 14.3 Å². The number of carbonyl (C=O) groups is 1. The number of aromatic nitrogens is 1. The molecule has 0 fully saturated rings. The van der Waals surface area contributed by atoms with Gasteiger partial charge in [0.2, 0.25) is 0 Å². The normalized spacial score (nSPS) is 10.3. The quantitative estimate of drug-likeness (QED) is 0.617. The fraction of sp³-hybridized carbons (Fsp3) is 0.217. The van der Waals surface area contributed by atoms with Crippen LogP contribution in [-0.2, 0) is 6.54 Å². The predicted octanol–water partition coefficient (Wildman–Crippen LogP) is 4.58. The molecule has 0 bridgehead atoms. The molecule has 3 rings (SSSR count). The number of hydrogen-bond acceptors (Lipinski definition) is 5. The first-order chi connectivity index (χ1) is 14.0. The summed E-state index contributed by atoms with van der Waals surface area (Å²) in [5.41, 5.74) is 4.53. The molecule has 0 unspecified atom stereocenters. The van der Waals surface area contributed by atoms with Gasteiger partial charge in [0.25, 0.3) is 5.91 Å². The molecule has 1 aromatic heterocycles. The smallest absolute Gasteiger partial charge is 0.255 e. The number of pyridine rings is 1. The maximum atomic E-state index is 12.6. The van der Waals surface area contributed by atoms with Gasteiger partial charge in [0, 0.05) is 24.0 Å². The number of nitrogens with zero attached hydrogens (tertiary/aromatic N) is 1. The average molecular weight is 391 g/mol. The van der Waals surface area contributed by atoms with Crippen molar-refractivity contribution in [2.24, 2.45) is 0 Å². The Kier molecular flexibility index (Phi) is 6.34. The van der Waals surface area contributed by atoms with Crippen LogP contribution < -0.4 is 20.1 Å². The molecule has 0 aliphatic carbocycles. The minimum atomic E-state index is -0.174. The molecule has 150 valence electrons. The molecule has 1 heterocycles. The van der Waals surface area contributed by atoms with E-state index in [-0.39, 0.29) is 5.91 Å². The Labute approximate surface area is 170 Å². The number of rotatable bonds is 7. The highest BCUT2D eigenvalue weighted by Crippen LogP contribution is 2.27. The van der Waals surface area contributed by atoms with E-state index in [1.165, 1.54) is 0 Å². The fourth-order valence-corrected chi connectivity index (χ4v) is 3.10. The van der Waals surface area contributed by atoms with Gasteiger partial charge >= 0.3 is 0 Å². The number of carbonyl (C=O) groups excluding carboxylic acids is 1. The molecule has 29 heavy (non-hydrogen) atoms. The van der Waals surface area contributed by atoms with Gasteiger partial charge in [0.05, 0.1) is 14.2 Å². The molecule has 0 saturated carbocycles. The first kappa shape index (κ1) is 20.2. The van der Waals surface area contributed by atoms with Gasteiger partial charge in [-0.3, -0.25) is 4.79 Å². The van der Waals surface area contributed by atoms with Crippen molar-refractivity contribution in [2.75, 3.05) is 24.9 Å². The van der Waals surface area contributed by atoms with Crippen molar-refractivity contribution in [3.8, 4) is 11.5 Å². The second-order valence-electron chi connectivity index (χ2n) is 6.80. The lowest BCUT2D eigenvalue weighted by atomic mass is 10.1. The molecule has 0 radical (unpaired) electrons. The van der Waals surface area contributed by atoms with Crippen molar-refractivity contribution >= 4 is 17.4 Å². The summed E-state index contributed by atoms with van der Waals surface area (Å²) in [5.74, 6) is 1.79. The molecule has 2 N–H and O–H groups in total. The number of nitrogens with one attached hydrogen (secondary N) is 2. The van der Waals surface area contributed by atoms with Crippen LogP contribution in [0, 0.1) is 13.8 Å². The first-order valence-electron chi connectivity index (χ1n) is 9.29. The monoisotopic (exact) mass is 391 g/mol. The summed E-state index contributed by atoms with van der Waals surface area (Å²) in [7, 11) is 3.21. The van der Waals surface area contributed by atoms with Gasteiger partial charge in [-0.1, -0.05) is 12.1 Å². The predicted molar refractivity (Wildman–Crippen MR) is 115 cm³/mol. The zero-order valence-electron chi connectivity index (χ0n) is 17.1. The summed E-state index contributed by atoms with van der Waals surface area (Å²) in [6.45, 7) is 4.55. The lowest BCUT2D eigenvalue weighted by molar-refractivity contribution is 0.102. The third-order valence-electron chi connectivity index (χ3n) is 4.42. The Morgan fingerprint density at radius 1 is 0.931 bits per heavy atom. The third-order valence-corrected chi connectivity index (χ3v) is 4.42. The van der Waals surface area contributed by atoms with E-state index in [4.69, 9.17) is 9.47 Å². The van der Waals surface area contributed by atoms with Gasteiger partial charge in [0.1, 0.15) is 5.82 Å². The van der Waals surface area contributed by atoms with Crippen LogP contribution in [0.1, 0.15) is 27.0 Å². The molecule has 3 aromatic rings. The Morgan fingerprint density at radius 2 is 1.66 bits per heavy atom. The number of ether oxygens (including phenoxy) is 2. The molecule has 0 spiro atoms. The van der Waals surface area contributed by atoms with E-state index in [0.717, 1.165) is 22.4 Å². The minimum absolute atomic E-state index is 0.174. The van der Waals surface area contributed by atoms with E-state index in [9.17, 15) is 4.79 Å². The Hall–Kier alpha value is -3.54. The van der Waals surface area contributed by atoms with Crippen molar-refractivity contribution in [1.29, 1.82) is 0 Å². The standard InChI is InChI=1S/C23H25N3O3/c1-15-9-16(2)11-19(10-15)26-23(27)18-7-8-24-22(13-18)25-14-17-5-6-20(28-3)21(12-17)29-4/h5-13H,14H2,1-4H3,(H,24,25)(H,26,27). The van der Waals surface area contributed by atoms with Crippen LogP contribution in [0.5, 0.6) is 11.5 Å². The van der Waals surface area contributed by atoms with Gasteiger partial charge in [-0.05, 0) is 66.9 Å². The second kappa shape index (κ2) is 9.10. The summed E-state index contributed by atoms with van der Waals surface area (Å²) >= 11 is 0. The SMILES string of the molecule is COc1ccc(CNc2cc(C(=O)Nc3cc(C)cc(C)c3)ccn2)cc1OC. The van der Waals surface area contributed by atoms with Gasteiger partial charge < -0.3 is 20.1 Å². The number of anilines is 2. The number of methoxy groups -OCH3 is 2. The van der Waals surface area contributed by atoms with Crippen LogP contribution in [0.4, 0.5) is 11.5 Å². The summed E-state index contributed by atoms with van der Waals surface area (Å²) in [6, 6.07) is 15.1. The average Bonchev–Trinajstić information content (AvgIpc) is 2.71. The zero-order valence-corrected chi connectivity index (χ0v) is 17.1. The third kappa shape index (κ3) is 5.25. The van der Waals surface area contributed by atoms with Crippen LogP contribution >= 0.6 is 0 Å². The van der Waals surface area contributed by atoms with Crippen LogP contribution in [0.25, 0.3) is 0 Å². The van der Waals surface area contributed by atoms with E-state index in [1.807, 2.05) is 44.2 Å². The molecular weight excluding hydrogens is 366 g/mol. The van der Waals surface area contributed by atoms with Crippen LogP contribution in [0.2, 0.25) is 0 Å².